The molecule has 0 aromatic heterocycles. The second kappa shape index (κ2) is 13.6. The fourth-order valence-electron chi connectivity index (χ4n) is 3.89. The van der Waals surface area contributed by atoms with Crippen molar-refractivity contribution >= 4 is 40.3 Å². The molecule has 0 aliphatic rings. The lowest BCUT2D eigenvalue weighted by molar-refractivity contribution is -0.112. The van der Waals surface area contributed by atoms with E-state index in [0.717, 1.165) is 14.7 Å². The van der Waals surface area contributed by atoms with E-state index < -0.39 is 5.91 Å². The van der Waals surface area contributed by atoms with Crippen LogP contribution < -0.4 is 14.8 Å². The molecule has 0 saturated heterocycles. The molecular weight excluding hydrogens is 606 g/mol. The van der Waals surface area contributed by atoms with Gasteiger partial charge in [-0.05, 0) is 94.7 Å². The van der Waals surface area contributed by atoms with Crippen molar-refractivity contribution in [3.63, 3.8) is 0 Å². The van der Waals surface area contributed by atoms with Crippen LogP contribution in [0.5, 0.6) is 11.5 Å². The van der Waals surface area contributed by atoms with Gasteiger partial charge in [0.2, 0.25) is 0 Å². The van der Waals surface area contributed by atoms with Crippen LogP contribution in [-0.4, -0.2) is 12.5 Å². The third-order valence-electron chi connectivity index (χ3n) is 5.84. The summed E-state index contributed by atoms with van der Waals surface area (Å²) in [6.45, 7) is 2.73. The maximum atomic E-state index is 14.3. The normalized spacial score (nSPS) is 11.0. The van der Waals surface area contributed by atoms with Gasteiger partial charge in [0.15, 0.2) is 0 Å². The predicted molar refractivity (Wildman–Crippen MR) is 159 cm³/mol. The number of hydrogen-bond acceptors (Lipinski definition) is 4. The van der Waals surface area contributed by atoms with Gasteiger partial charge < -0.3 is 14.8 Å². The van der Waals surface area contributed by atoms with Crippen molar-refractivity contribution in [3.05, 3.63) is 128 Å². The number of halogens is 2. The number of benzene rings is 4. The SMILES string of the molecule is CCOc1cc(/C=C(\C#N)C(=O)Nc2ccc(OCc3ccccc3)cc2)cc(I)c1Cc1ccccc1F. The molecule has 5 nitrogen and oxygen atoms in total. The van der Waals surface area contributed by atoms with Crippen molar-refractivity contribution < 1.29 is 18.7 Å². The molecule has 0 aliphatic carbocycles. The number of carbonyl (C=O) groups is 1. The zero-order valence-corrected chi connectivity index (χ0v) is 23.4. The molecule has 0 atom stereocenters. The third-order valence-corrected chi connectivity index (χ3v) is 6.80. The number of nitriles is 1. The minimum Gasteiger partial charge on any atom is -0.494 e. The van der Waals surface area contributed by atoms with Crippen LogP contribution in [0.2, 0.25) is 0 Å². The van der Waals surface area contributed by atoms with Gasteiger partial charge in [-0.1, -0.05) is 48.5 Å². The fourth-order valence-corrected chi connectivity index (χ4v) is 4.71. The van der Waals surface area contributed by atoms with Crippen LogP contribution in [0.25, 0.3) is 6.08 Å². The first kappa shape index (κ1) is 27.9. The molecule has 7 heteroatoms. The molecule has 0 aliphatic heterocycles. The van der Waals surface area contributed by atoms with E-state index in [1.807, 2.05) is 49.4 Å². The van der Waals surface area contributed by atoms with Gasteiger partial charge in [-0.15, -0.1) is 0 Å². The molecule has 0 unspecified atom stereocenters. The number of carbonyl (C=O) groups excluding carboxylic acids is 1. The summed E-state index contributed by atoms with van der Waals surface area (Å²) < 4.78 is 26.8. The summed E-state index contributed by atoms with van der Waals surface area (Å²) in [6.07, 6.45) is 1.88. The smallest absolute Gasteiger partial charge is 0.266 e. The highest BCUT2D eigenvalue weighted by Gasteiger charge is 2.15. The van der Waals surface area contributed by atoms with Gasteiger partial charge in [0.05, 0.1) is 6.61 Å². The summed E-state index contributed by atoms with van der Waals surface area (Å²) in [4.78, 5) is 12.9. The molecule has 0 fully saturated rings. The number of amides is 1. The van der Waals surface area contributed by atoms with Gasteiger partial charge in [0.25, 0.3) is 5.91 Å². The Morgan fingerprint density at radius 1 is 1.00 bits per heavy atom. The van der Waals surface area contributed by atoms with Crippen LogP contribution in [-0.2, 0) is 17.8 Å². The van der Waals surface area contributed by atoms with Gasteiger partial charge in [-0.3, -0.25) is 4.79 Å². The van der Waals surface area contributed by atoms with E-state index in [-0.39, 0.29) is 11.4 Å². The monoisotopic (exact) mass is 632 g/mol. The molecule has 0 bridgehead atoms. The number of nitrogens with zero attached hydrogens (tertiary/aromatic N) is 1. The Kier molecular flexibility index (Phi) is 9.70. The lowest BCUT2D eigenvalue weighted by Crippen LogP contribution is -2.13. The first-order valence-corrected chi connectivity index (χ1v) is 13.4. The zero-order valence-electron chi connectivity index (χ0n) is 21.3. The van der Waals surface area contributed by atoms with Crippen molar-refractivity contribution in [2.75, 3.05) is 11.9 Å². The lowest BCUT2D eigenvalue weighted by Gasteiger charge is -2.14. The largest absolute Gasteiger partial charge is 0.494 e. The highest BCUT2D eigenvalue weighted by molar-refractivity contribution is 14.1. The van der Waals surface area contributed by atoms with Crippen molar-refractivity contribution in [2.45, 2.75) is 20.0 Å². The zero-order chi connectivity index (χ0) is 27.6. The molecule has 4 aromatic carbocycles. The van der Waals surface area contributed by atoms with Gasteiger partial charge in [-0.2, -0.15) is 5.26 Å². The summed E-state index contributed by atoms with van der Waals surface area (Å²) in [5.41, 5.74) is 3.58. The van der Waals surface area contributed by atoms with Crippen LogP contribution >= 0.6 is 22.6 Å². The van der Waals surface area contributed by atoms with E-state index >= 15 is 0 Å². The summed E-state index contributed by atoms with van der Waals surface area (Å²) >= 11 is 2.17. The Balaban J connectivity index is 1.48. The van der Waals surface area contributed by atoms with Crippen LogP contribution in [0.1, 0.15) is 29.2 Å². The standard InChI is InChI=1S/C32H26FIN2O3/c1-2-38-31-18-23(17-30(34)28(31)19-24-10-6-7-11-29(24)33)16-25(20-35)32(37)36-26-12-14-27(15-13-26)39-21-22-8-4-3-5-9-22/h3-18H,2,19,21H2,1H3,(H,36,37)/b25-16+. The van der Waals surface area contributed by atoms with Gasteiger partial charge in [-0.25, -0.2) is 4.39 Å². The predicted octanol–water partition coefficient (Wildman–Crippen LogP) is 7.54. The van der Waals surface area contributed by atoms with Crippen LogP contribution in [0.3, 0.4) is 0 Å². The minimum absolute atomic E-state index is 0.0560. The molecule has 4 rings (SSSR count). The highest BCUT2D eigenvalue weighted by Crippen LogP contribution is 2.30. The topological polar surface area (TPSA) is 71.3 Å². The number of anilines is 1. The van der Waals surface area contributed by atoms with E-state index in [2.05, 4.69) is 27.9 Å². The summed E-state index contributed by atoms with van der Waals surface area (Å²) in [5, 5.41) is 12.5. The molecule has 0 radical (unpaired) electrons. The van der Waals surface area contributed by atoms with Gasteiger partial charge in [0, 0.05) is 21.2 Å². The molecule has 39 heavy (non-hydrogen) atoms. The van der Waals surface area contributed by atoms with Crippen LogP contribution in [0.15, 0.2) is 96.6 Å². The maximum absolute atomic E-state index is 14.3. The molecule has 0 heterocycles. The number of rotatable bonds is 10. The number of hydrogen-bond donors (Lipinski definition) is 1. The van der Waals surface area contributed by atoms with E-state index in [9.17, 15) is 14.4 Å². The molecule has 1 amide bonds. The Hall–Kier alpha value is -4.16. The molecule has 0 saturated carbocycles. The Bertz CT molecular complexity index is 1510. The first-order valence-electron chi connectivity index (χ1n) is 12.4. The quantitative estimate of drug-likeness (QED) is 0.111. The fraction of sp³-hybridized carbons (Fsp3) is 0.125. The summed E-state index contributed by atoms with van der Waals surface area (Å²) in [7, 11) is 0. The molecule has 0 spiro atoms. The summed E-state index contributed by atoms with van der Waals surface area (Å²) in [6, 6.07) is 29.0. The lowest BCUT2D eigenvalue weighted by atomic mass is 10.0. The first-order chi connectivity index (χ1) is 19.0. The van der Waals surface area contributed by atoms with Crippen molar-refractivity contribution in [3.8, 4) is 17.6 Å². The second-order valence-electron chi connectivity index (χ2n) is 8.60. The second-order valence-corrected chi connectivity index (χ2v) is 9.77. The minimum atomic E-state index is -0.529. The molecule has 1 N–H and O–H groups in total. The van der Waals surface area contributed by atoms with Gasteiger partial charge >= 0.3 is 0 Å². The van der Waals surface area contributed by atoms with Crippen molar-refractivity contribution in [1.82, 2.24) is 0 Å². The van der Waals surface area contributed by atoms with E-state index in [1.165, 1.54) is 12.1 Å². The Labute approximate surface area is 241 Å². The molecular formula is C32H26FIN2O3. The average Bonchev–Trinajstić information content (AvgIpc) is 2.95. The van der Waals surface area contributed by atoms with Crippen molar-refractivity contribution in [1.29, 1.82) is 5.26 Å². The average molecular weight is 632 g/mol. The Morgan fingerprint density at radius 3 is 2.41 bits per heavy atom. The van der Waals surface area contributed by atoms with Crippen LogP contribution in [0, 0.1) is 20.7 Å². The third kappa shape index (κ3) is 7.68. The van der Waals surface area contributed by atoms with Gasteiger partial charge in [0.1, 0.15) is 35.6 Å². The molecule has 4 aromatic rings. The molecule has 196 valence electrons. The van der Waals surface area contributed by atoms with Crippen LogP contribution in [0.4, 0.5) is 10.1 Å². The van der Waals surface area contributed by atoms with E-state index in [0.29, 0.717) is 47.9 Å². The number of nitrogens with one attached hydrogen (secondary N) is 1. The highest BCUT2D eigenvalue weighted by atomic mass is 127. The van der Waals surface area contributed by atoms with Crippen molar-refractivity contribution in [2.24, 2.45) is 0 Å². The van der Waals surface area contributed by atoms with E-state index in [1.54, 1.807) is 48.5 Å². The maximum Gasteiger partial charge on any atom is 0.266 e. The Morgan fingerprint density at radius 2 is 1.72 bits per heavy atom. The summed E-state index contributed by atoms with van der Waals surface area (Å²) in [5.74, 6) is 0.446. The van der Waals surface area contributed by atoms with E-state index in [4.69, 9.17) is 9.47 Å². The number of ether oxygens (including phenoxy) is 2.